The van der Waals surface area contributed by atoms with Crippen molar-refractivity contribution in [3.63, 3.8) is 0 Å². The summed E-state index contributed by atoms with van der Waals surface area (Å²) in [4.78, 5) is 2.47. The van der Waals surface area contributed by atoms with E-state index in [1.807, 2.05) is 13.1 Å². The van der Waals surface area contributed by atoms with Gasteiger partial charge in [0.15, 0.2) is 0 Å². The molecule has 1 rings (SSSR count). The second kappa shape index (κ2) is 6.26. The Bertz CT molecular complexity index is 194. The molecule has 0 spiro atoms. The van der Waals surface area contributed by atoms with Crippen molar-refractivity contribution in [3.8, 4) is 0 Å². The van der Waals surface area contributed by atoms with Crippen LogP contribution in [0.25, 0.3) is 0 Å². The summed E-state index contributed by atoms with van der Waals surface area (Å²) >= 11 is 0. The predicted octanol–water partition coefficient (Wildman–Crippen LogP) is 1.26. The van der Waals surface area contributed by atoms with Gasteiger partial charge in [0.05, 0.1) is 12.7 Å². The van der Waals surface area contributed by atoms with Gasteiger partial charge in [-0.2, -0.15) is 0 Å². The molecule has 3 nitrogen and oxygen atoms in total. The highest BCUT2D eigenvalue weighted by atomic mass is 16.5. The lowest BCUT2D eigenvalue weighted by Crippen LogP contribution is -2.53. The number of nitrogens with zero attached hydrogens (tertiary/aromatic N) is 1. The van der Waals surface area contributed by atoms with Crippen LogP contribution in [0.15, 0.2) is 12.7 Å². The monoisotopic (exact) mass is 212 g/mol. The Labute approximate surface area is 93.5 Å². The Morgan fingerprint density at radius 3 is 2.87 bits per heavy atom. The molecule has 0 bridgehead atoms. The summed E-state index contributed by atoms with van der Waals surface area (Å²) in [5, 5.41) is 3.31. The Balaban J connectivity index is 2.49. The third kappa shape index (κ3) is 3.59. The maximum absolute atomic E-state index is 5.81. The minimum absolute atomic E-state index is 0.296. The highest BCUT2D eigenvalue weighted by Gasteiger charge is 2.27. The van der Waals surface area contributed by atoms with Crippen LogP contribution < -0.4 is 5.32 Å². The second-order valence-corrected chi connectivity index (χ2v) is 4.42. The van der Waals surface area contributed by atoms with Crippen LogP contribution in [0.4, 0.5) is 0 Å². The number of rotatable bonds is 5. The lowest BCUT2D eigenvalue weighted by atomic mass is 10.1. The van der Waals surface area contributed by atoms with Crippen molar-refractivity contribution in [2.75, 3.05) is 26.7 Å². The molecule has 2 unspecified atom stereocenters. The largest absolute Gasteiger partial charge is 0.374 e. The Morgan fingerprint density at radius 1 is 1.60 bits per heavy atom. The van der Waals surface area contributed by atoms with E-state index in [4.69, 9.17) is 4.74 Å². The SMILES string of the molecule is C=CCC(NC)C1CN(C(C)C)CCO1. The quantitative estimate of drug-likeness (QED) is 0.694. The summed E-state index contributed by atoms with van der Waals surface area (Å²) in [6.07, 6.45) is 3.22. The highest BCUT2D eigenvalue weighted by molar-refractivity contribution is 4.87. The zero-order chi connectivity index (χ0) is 11.3. The van der Waals surface area contributed by atoms with E-state index >= 15 is 0 Å². The molecule has 2 atom stereocenters. The standard InChI is InChI=1S/C12H24N2O/c1-5-6-11(13-4)12-9-14(10(2)3)7-8-15-12/h5,10-13H,1,6-9H2,2-4H3. The van der Waals surface area contributed by atoms with Gasteiger partial charge in [0.2, 0.25) is 0 Å². The molecule has 0 aromatic heterocycles. The van der Waals surface area contributed by atoms with E-state index < -0.39 is 0 Å². The summed E-state index contributed by atoms with van der Waals surface area (Å²) in [5.74, 6) is 0. The molecule has 88 valence electrons. The van der Waals surface area contributed by atoms with Gasteiger partial charge in [-0.15, -0.1) is 6.58 Å². The summed E-state index contributed by atoms with van der Waals surface area (Å²) in [6.45, 7) is 11.2. The molecule has 0 amide bonds. The van der Waals surface area contributed by atoms with Crippen LogP contribution in [-0.4, -0.2) is 49.8 Å². The van der Waals surface area contributed by atoms with Crippen LogP contribution in [-0.2, 0) is 4.74 Å². The minimum Gasteiger partial charge on any atom is -0.374 e. The lowest BCUT2D eigenvalue weighted by Gasteiger charge is -2.38. The molecule has 3 heteroatoms. The van der Waals surface area contributed by atoms with E-state index in [0.29, 0.717) is 18.2 Å². The second-order valence-electron chi connectivity index (χ2n) is 4.42. The van der Waals surface area contributed by atoms with E-state index in [0.717, 1.165) is 26.1 Å². The molecule has 0 aromatic rings. The molecule has 1 aliphatic rings. The van der Waals surface area contributed by atoms with Crippen LogP contribution in [0.2, 0.25) is 0 Å². The van der Waals surface area contributed by atoms with Crippen molar-refractivity contribution in [3.05, 3.63) is 12.7 Å². The zero-order valence-electron chi connectivity index (χ0n) is 10.2. The Kier molecular flexibility index (Phi) is 5.29. The molecule has 0 saturated carbocycles. The van der Waals surface area contributed by atoms with Gasteiger partial charge in [-0.25, -0.2) is 0 Å². The number of likely N-dealkylation sites (N-methyl/N-ethyl adjacent to an activating group) is 1. The maximum atomic E-state index is 5.81. The number of hydrogen-bond donors (Lipinski definition) is 1. The average molecular weight is 212 g/mol. The topological polar surface area (TPSA) is 24.5 Å². The van der Waals surface area contributed by atoms with Crippen LogP contribution in [0.3, 0.4) is 0 Å². The molecule has 1 heterocycles. The number of hydrogen-bond acceptors (Lipinski definition) is 3. The smallest absolute Gasteiger partial charge is 0.0858 e. The third-order valence-corrected chi connectivity index (χ3v) is 3.10. The van der Waals surface area contributed by atoms with E-state index in [-0.39, 0.29) is 0 Å². The minimum atomic E-state index is 0.296. The molecule has 1 fully saturated rings. The van der Waals surface area contributed by atoms with Gasteiger partial charge in [0.25, 0.3) is 0 Å². The fourth-order valence-corrected chi connectivity index (χ4v) is 2.04. The van der Waals surface area contributed by atoms with Crippen LogP contribution in [0, 0.1) is 0 Å². The normalized spacial score (nSPS) is 25.5. The molecular weight excluding hydrogens is 188 g/mol. The summed E-state index contributed by atoms with van der Waals surface area (Å²) < 4.78 is 5.81. The first-order valence-electron chi connectivity index (χ1n) is 5.82. The molecule has 0 aromatic carbocycles. The van der Waals surface area contributed by atoms with E-state index in [1.54, 1.807) is 0 Å². The van der Waals surface area contributed by atoms with Crippen LogP contribution in [0.5, 0.6) is 0 Å². The van der Waals surface area contributed by atoms with Gasteiger partial charge in [-0.3, -0.25) is 4.90 Å². The third-order valence-electron chi connectivity index (χ3n) is 3.10. The van der Waals surface area contributed by atoms with Gasteiger partial charge in [-0.1, -0.05) is 6.08 Å². The molecule has 0 aliphatic carbocycles. The van der Waals surface area contributed by atoms with Crippen molar-refractivity contribution >= 4 is 0 Å². The van der Waals surface area contributed by atoms with Gasteiger partial charge < -0.3 is 10.1 Å². The van der Waals surface area contributed by atoms with Crippen molar-refractivity contribution in [1.29, 1.82) is 0 Å². The van der Waals surface area contributed by atoms with Gasteiger partial charge in [0, 0.05) is 25.2 Å². The molecule has 1 saturated heterocycles. The van der Waals surface area contributed by atoms with Gasteiger partial charge in [0.1, 0.15) is 0 Å². The first-order valence-corrected chi connectivity index (χ1v) is 5.82. The number of ether oxygens (including phenoxy) is 1. The fraction of sp³-hybridized carbons (Fsp3) is 0.833. The molecule has 15 heavy (non-hydrogen) atoms. The summed E-state index contributed by atoms with van der Waals surface area (Å²) in [5.41, 5.74) is 0. The van der Waals surface area contributed by atoms with Crippen molar-refractivity contribution in [2.24, 2.45) is 0 Å². The summed E-state index contributed by atoms with van der Waals surface area (Å²) in [6, 6.07) is 1.00. The van der Waals surface area contributed by atoms with Crippen molar-refractivity contribution in [1.82, 2.24) is 10.2 Å². The van der Waals surface area contributed by atoms with E-state index in [2.05, 4.69) is 30.6 Å². The van der Waals surface area contributed by atoms with Gasteiger partial charge >= 0.3 is 0 Å². The predicted molar refractivity (Wildman–Crippen MR) is 64.1 cm³/mol. The number of morpholine rings is 1. The van der Waals surface area contributed by atoms with Gasteiger partial charge in [-0.05, 0) is 27.3 Å². The van der Waals surface area contributed by atoms with E-state index in [1.165, 1.54) is 0 Å². The molecular formula is C12H24N2O. The van der Waals surface area contributed by atoms with Crippen LogP contribution >= 0.6 is 0 Å². The lowest BCUT2D eigenvalue weighted by molar-refractivity contribution is -0.0537. The Morgan fingerprint density at radius 2 is 2.33 bits per heavy atom. The highest BCUT2D eigenvalue weighted by Crippen LogP contribution is 2.13. The average Bonchev–Trinajstić information content (AvgIpc) is 2.26. The first kappa shape index (κ1) is 12.7. The first-order chi connectivity index (χ1) is 7.19. The molecule has 0 radical (unpaired) electrons. The van der Waals surface area contributed by atoms with Crippen LogP contribution in [0.1, 0.15) is 20.3 Å². The van der Waals surface area contributed by atoms with Crippen molar-refractivity contribution < 1.29 is 4.74 Å². The molecule has 1 aliphatic heterocycles. The number of nitrogens with one attached hydrogen (secondary N) is 1. The Hall–Kier alpha value is -0.380. The fourth-order valence-electron chi connectivity index (χ4n) is 2.04. The zero-order valence-corrected chi connectivity index (χ0v) is 10.2. The molecule has 1 N–H and O–H groups in total. The summed E-state index contributed by atoms with van der Waals surface area (Å²) in [7, 11) is 1.99. The van der Waals surface area contributed by atoms with Crippen molar-refractivity contribution in [2.45, 2.75) is 38.5 Å². The maximum Gasteiger partial charge on any atom is 0.0858 e. The van der Waals surface area contributed by atoms with E-state index in [9.17, 15) is 0 Å².